The first-order valence-electron chi connectivity index (χ1n) is 7.72. The number of halogens is 1. The van der Waals surface area contributed by atoms with E-state index in [1.807, 2.05) is 23.9 Å². The zero-order valence-corrected chi connectivity index (χ0v) is 13.8. The molecule has 0 spiro atoms. The summed E-state index contributed by atoms with van der Waals surface area (Å²) in [5.41, 5.74) is 0.954. The quantitative estimate of drug-likeness (QED) is 0.824. The van der Waals surface area contributed by atoms with Gasteiger partial charge in [0.1, 0.15) is 11.5 Å². The van der Waals surface area contributed by atoms with Crippen LogP contribution in [-0.4, -0.2) is 27.1 Å². The summed E-state index contributed by atoms with van der Waals surface area (Å²) in [5.74, 6) is 1.60. The number of aryl methyl sites for hydroxylation is 1. The number of nitrogens with zero attached hydrogens (tertiary/aromatic N) is 3. The lowest BCUT2D eigenvalue weighted by atomic mass is 9.95. The van der Waals surface area contributed by atoms with Crippen molar-refractivity contribution < 1.29 is 0 Å². The van der Waals surface area contributed by atoms with Crippen LogP contribution in [0.3, 0.4) is 0 Å². The number of nitrogens with one attached hydrogen (secondary N) is 2. The highest BCUT2D eigenvalue weighted by molar-refractivity contribution is 5.88. The third-order valence-corrected chi connectivity index (χ3v) is 4.07. The topological polar surface area (TPSA) is 54.8 Å². The maximum Gasteiger partial charge on any atom is 0.226 e. The fourth-order valence-corrected chi connectivity index (χ4v) is 2.93. The van der Waals surface area contributed by atoms with Gasteiger partial charge in [0, 0.05) is 25.8 Å². The largest absolute Gasteiger partial charge is 0.367 e. The highest BCUT2D eigenvalue weighted by atomic mass is 35.5. The number of hydrogen-bond acceptors (Lipinski definition) is 4. The van der Waals surface area contributed by atoms with Crippen LogP contribution in [-0.2, 0) is 7.05 Å². The van der Waals surface area contributed by atoms with Gasteiger partial charge in [-0.1, -0.05) is 25.3 Å². The normalized spacial score (nSPS) is 15.3. The lowest BCUT2D eigenvalue weighted by Gasteiger charge is -2.23. The summed E-state index contributed by atoms with van der Waals surface area (Å²) in [7, 11) is 2.01. The number of aromatic nitrogens is 3. The molecule has 2 heterocycles. The van der Waals surface area contributed by atoms with Crippen molar-refractivity contribution in [2.45, 2.75) is 38.1 Å². The molecule has 1 aliphatic rings. The van der Waals surface area contributed by atoms with Crippen LogP contribution in [0.4, 0.5) is 11.8 Å². The van der Waals surface area contributed by atoms with Gasteiger partial charge in [-0.2, -0.15) is 9.97 Å². The fourth-order valence-electron chi connectivity index (χ4n) is 2.93. The standard InChI is InChI=1S/C16H23N5.ClH/c1-3-10-17-16-19-14(18-12-7-5-4-6-8-12)13-9-11-21(2)15(13)20-16;/h3,9,11-12H,1,4-8,10H2,2H3,(H2,17,18,19,20);1H. The molecule has 0 aliphatic heterocycles. The maximum atomic E-state index is 4.65. The Labute approximate surface area is 137 Å². The summed E-state index contributed by atoms with van der Waals surface area (Å²) in [6, 6.07) is 2.61. The second kappa shape index (κ2) is 7.49. The van der Waals surface area contributed by atoms with Crippen LogP contribution in [0.2, 0.25) is 0 Å². The zero-order chi connectivity index (χ0) is 14.7. The summed E-state index contributed by atoms with van der Waals surface area (Å²) in [5, 5.41) is 7.90. The van der Waals surface area contributed by atoms with Gasteiger partial charge in [-0.3, -0.25) is 0 Å². The second-order valence-electron chi connectivity index (χ2n) is 5.71. The van der Waals surface area contributed by atoms with Gasteiger partial charge >= 0.3 is 0 Å². The van der Waals surface area contributed by atoms with Crippen molar-refractivity contribution in [2.75, 3.05) is 17.2 Å². The molecule has 0 unspecified atom stereocenters. The minimum absolute atomic E-state index is 0. The lowest BCUT2D eigenvalue weighted by Crippen LogP contribution is -2.23. The SMILES string of the molecule is C=CCNc1nc(NC2CCCCC2)c2ccn(C)c2n1.Cl. The number of fused-ring (bicyclic) bond motifs is 1. The van der Waals surface area contributed by atoms with Gasteiger partial charge in [0.05, 0.1) is 5.39 Å². The van der Waals surface area contributed by atoms with Crippen LogP contribution in [0.1, 0.15) is 32.1 Å². The molecule has 22 heavy (non-hydrogen) atoms. The zero-order valence-electron chi connectivity index (χ0n) is 13.0. The molecule has 2 aromatic rings. The van der Waals surface area contributed by atoms with Crippen molar-refractivity contribution in [1.29, 1.82) is 0 Å². The van der Waals surface area contributed by atoms with Crippen LogP contribution in [0.15, 0.2) is 24.9 Å². The van der Waals surface area contributed by atoms with Gasteiger partial charge in [-0.25, -0.2) is 0 Å². The molecular weight excluding hydrogens is 298 g/mol. The second-order valence-corrected chi connectivity index (χ2v) is 5.71. The monoisotopic (exact) mass is 321 g/mol. The minimum atomic E-state index is 0. The van der Waals surface area contributed by atoms with E-state index in [4.69, 9.17) is 0 Å². The Kier molecular flexibility index (Phi) is 5.66. The molecule has 2 aromatic heterocycles. The van der Waals surface area contributed by atoms with Gasteiger partial charge in [-0.05, 0) is 18.9 Å². The smallest absolute Gasteiger partial charge is 0.226 e. The van der Waals surface area contributed by atoms with E-state index >= 15 is 0 Å². The molecule has 0 saturated heterocycles. The van der Waals surface area contributed by atoms with E-state index in [0.717, 1.165) is 16.9 Å². The molecule has 0 atom stereocenters. The average molecular weight is 322 g/mol. The molecule has 0 bridgehead atoms. The molecule has 5 nitrogen and oxygen atoms in total. The summed E-state index contributed by atoms with van der Waals surface area (Å²) >= 11 is 0. The van der Waals surface area contributed by atoms with Crippen molar-refractivity contribution in [2.24, 2.45) is 7.05 Å². The fraction of sp³-hybridized carbons (Fsp3) is 0.500. The van der Waals surface area contributed by atoms with Crippen molar-refractivity contribution in [3.63, 3.8) is 0 Å². The Morgan fingerprint density at radius 1 is 1.32 bits per heavy atom. The van der Waals surface area contributed by atoms with E-state index in [1.54, 1.807) is 0 Å². The molecule has 1 aliphatic carbocycles. The molecule has 1 fully saturated rings. The summed E-state index contributed by atoms with van der Waals surface area (Å²) in [4.78, 5) is 9.23. The van der Waals surface area contributed by atoms with Crippen LogP contribution in [0.5, 0.6) is 0 Å². The Morgan fingerprint density at radius 3 is 2.82 bits per heavy atom. The first kappa shape index (κ1) is 16.6. The van der Waals surface area contributed by atoms with E-state index < -0.39 is 0 Å². The summed E-state index contributed by atoms with van der Waals surface area (Å²) < 4.78 is 2.03. The number of rotatable bonds is 5. The minimum Gasteiger partial charge on any atom is -0.367 e. The van der Waals surface area contributed by atoms with Crippen molar-refractivity contribution in [3.8, 4) is 0 Å². The van der Waals surface area contributed by atoms with Gasteiger partial charge in [0.2, 0.25) is 5.95 Å². The molecule has 6 heteroatoms. The third kappa shape index (κ3) is 3.53. The van der Waals surface area contributed by atoms with Crippen LogP contribution >= 0.6 is 12.4 Å². The van der Waals surface area contributed by atoms with Crippen LogP contribution < -0.4 is 10.6 Å². The highest BCUT2D eigenvalue weighted by Crippen LogP contribution is 2.26. The van der Waals surface area contributed by atoms with E-state index in [-0.39, 0.29) is 12.4 Å². The van der Waals surface area contributed by atoms with Gasteiger partial charge in [0.15, 0.2) is 0 Å². The van der Waals surface area contributed by atoms with Crippen molar-refractivity contribution >= 4 is 35.2 Å². The molecule has 0 radical (unpaired) electrons. The Balaban J connectivity index is 0.00000176. The van der Waals surface area contributed by atoms with Gasteiger partial charge in [0.25, 0.3) is 0 Å². The molecule has 0 amide bonds. The predicted octanol–water partition coefficient (Wildman–Crippen LogP) is 3.73. The first-order valence-corrected chi connectivity index (χ1v) is 7.72. The number of anilines is 2. The first-order chi connectivity index (χ1) is 10.3. The Hall–Kier alpha value is -1.75. The molecule has 3 rings (SSSR count). The summed E-state index contributed by atoms with van der Waals surface area (Å²) in [6.45, 7) is 4.39. The van der Waals surface area contributed by atoms with E-state index in [1.165, 1.54) is 32.1 Å². The maximum absolute atomic E-state index is 4.65. The van der Waals surface area contributed by atoms with E-state index in [2.05, 4.69) is 33.2 Å². The molecular formula is C16H24ClN5. The predicted molar refractivity (Wildman–Crippen MR) is 94.9 cm³/mol. The third-order valence-electron chi connectivity index (χ3n) is 4.07. The number of hydrogen-bond donors (Lipinski definition) is 2. The summed E-state index contributed by atoms with van der Waals surface area (Å²) in [6.07, 6.45) is 10.3. The average Bonchev–Trinajstić information content (AvgIpc) is 2.88. The van der Waals surface area contributed by atoms with Gasteiger partial charge < -0.3 is 15.2 Å². The molecule has 1 saturated carbocycles. The Bertz CT molecular complexity index is 631. The van der Waals surface area contributed by atoms with Crippen LogP contribution in [0.25, 0.3) is 11.0 Å². The van der Waals surface area contributed by atoms with Crippen molar-refractivity contribution in [1.82, 2.24) is 14.5 Å². The molecule has 120 valence electrons. The highest BCUT2D eigenvalue weighted by Gasteiger charge is 2.17. The van der Waals surface area contributed by atoms with E-state index in [0.29, 0.717) is 18.5 Å². The Morgan fingerprint density at radius 2 is 2.09 bits per heavy atom. The van der Waals surface area contributed by atoms with Crippen LogP contribution in [0, 0.1) is 0 Å². The molecule has 2 N–H and O–H groups in total. The van der Waals surface area contributed by atoms with E-state index in [9.17, 15) is 0 Å². The lowest BCUT2D eigenvalue weighted by molar-refractivity contribution is 0.462. The van der Waals surface area contributed by atoms with Gasteiger partial charge in [-0.15, -0.1) is 19.0 Å². The molecule has 0 aromatic carbocycles. The van der Waals surface area contributed by atoms with Crippen molar-refractivity contribution in [3.05, 3.63) is 24.9 Å².